The van der Waals surface area contributed by atoms with Gasteiger partial charge in [-0.3, -0.25) is 4.79 Å². The Kier molecular flexibility index (Phi) is 2.22. The Morgan fingerprint density at radius 3 is 2.80 bits per heavy atom. The second kappa shape index (κ2) is 2.97. The Morgan fingerprint density at radius 1 is 1.70 bits per heavy atom. The van der Waals surface area contributed by atoms with E-state index < -0.39 is 0 Å². The summed E-state index contributed by atoms with van der Waals surface area (Å²) in [5.41, 5.74) is 0. The van der Waals surface area contributed by atoms with E-state index in [0.717, 1.165) is 13.0 Å². The van der Waals surface area contributed by atoms with E-state index in [2.05, 4.69) is 4.90 Å². The van der Waals surface area contributed by atoms with E-state index in [0.29, 0.717) is 0 Å². The molecule has 0 radical (unpaired) electrons. The number of rotatable bonds is 2. The summed E-state index contributed by atoms with van der Waals surface area (Å²) in [4.78, 5) is 13.0. The number of carbonyl (C=O) groups excluding carboxylic acids is 1. The Bertz CT molecular complexity index is 161. The van der Waals surface area contributed by atoms with Crippen LogP contribution in [0.25, 0.3) is 0 Å². The number of hydrogen-bond donors (Lipinski definition) is 0. The highest BCUT2D eigenvalue weighted by Crippen LogP contribution is 2.14. The normalized spacial score (nSPS) is 24.7. The lowest BCUT2D eigenvalue weighted by Gasteiger charge is -2.13. The van der Waals surface area contributed by atoms with Gasteiger partial charge in [0.1, 0.15) is 0 Å². The summed E-state index contributed by atoms with van der Waals surface area (Å²) < 4.78 is 0. The van der Waals surface area contributed by atoms with E-state index in [1.165, 1.54) is 0 Å². The average Bonchev–Trinajstić information content (AvgIpc) is 2.15. The Hall–Kier alpha value is -0.630. The number of carbonyl (C=O) groups is 1. The molecule has 56 valence electrons. The minimum atomic E-state index is 0.231. The molecule has 1 rings (SSSR count). The van der Waals surface area contributed by atoms with Gasteiger partial charge in [-0.2, -0.15) is 0 Å². The fourth-order valence-electron chi connectivity index (χ4n) is 1.21. The summed E-state index contributed by atoms with van der Waals surface area (Å²) in [5, 5.41) is 0. The molecule has 0 amide bonds. The van der Waals surface area contributed by atoms with Crippen LogP contribution >= 0.6 is 0 Å². The van der Waals surface area contributed by atoms with Gasteiger partial charge in [0, 0.05) is 12.5 Å². The molecule has 0 aromatic heterocycles. The van der Waals surface area contributed by atoms with Crippen LogP contribution in [0.4, 0.5) is 0 Å². The molecule has 0 aromatic carbocycles. The van der Waals surface area contributed by atoms with E-state index in [9.17, 15) is 4.79 Å². The predicted molar refractivity (Wildman–Crippen MR) is 40.8 cm³/mol. The minimum absolute atomic E-state index is 0.231. The van der Waals surface area contributed by atoms with Crippen molar-refractivity contribution in [3.05, 3.63) is 12.2 Å². The maximum absolute atomic E-state index is 11.0. The van der Waals surface area contributed by atoms with Crippen molar-refractivity contribution in [2.45, 2.75) is 6.42 Å². The first-order valence-electron chi connectivity index (χ1n) is 3.55. The van der Waals surface area contributed by atoms with Gasteiger partial charge in [-0.1, -0.05) is 6.08 Å². The lowest BCUT2D eigenvalue weighted by atomic mass is 10.1. The van der Waals surface area contributed by atoms with Crippen LogP contribution in [0.15, 0.2) is 12.2 Å². The van der Waals surface area contributed by atoms with Crippen LogP contribution in [0.1, 0.15) is 6.42 Å². The van der Waals surface area contributed by atoms with Crippen LogP contribution in [-0.2, 0) is 4.79 Å². The van der Waals surface area contributed by atoms with Crippen molar-refractivity contribution < 1.29 is 4.79 Å². The molecule has 0 heterocycles. The predicted octanol–water partition coefficient (Wildman–Crippen LogP) is 0.693. The lowest BCUT2D eigenvalue weighted by molar-refractivity contribution is -0.117. The van der Waals surface area contributed by atoms with Gasteiger partial charge < -0.3 is 4.90 Å². The Balaban J connectivity index is 2.37. The molecule has 1 unspecified atom stereocenters. The quantitative estimate of drug-likeness (QED) is 0.561. The monoisotopic (exact) mass is 139 g/mol. The minimum Gasteiger partial charge on any atom is -0.309 e. The first-order valence-corrected chi connectivity index (χ1v) is 3.55. The van der Waals surface area contributed by atoms with Gasteiger partial charge in [0.15, 0.2) is 5.78 Å². The maximum Gasteiger partial charge on any atom is 0.160 e. The largest absolute Gasteiger partial charge is 0.309 e. The summed E-state index contributed by atoms with van der Waals surface area (Å²) in [6, 6.07) is 0. The summed E-state index contributed by atoms with van der Waals surface area (Å²) in [5.74, 6) is 0.517. The third-order valence-electron chi connectivity index (χ3n) is 1.69. The smallest absolute Gasteiger partial charge is 0.160 e. The average molecular weight is 139 g/mol. The molecule has 1 atom stereocenters. The SMILES string of the molecule is CN(C)CC1CC=CC1=O. The number of nitrogens with zero attached hydrogens (tertiary/aromatic N) is 1. The van der Waals surface area contributed by atoms with E-state index in [-0.39, 0.29) is 11.7 Å². The topological polar surface area (TPSA) is 20.3 Å². The molecule has 0 saturated heterocycles. The second-order valence-corrected chi connectivity index (χ2v) is 3.00. The van der Waals surface area contributed by atoms with Crippen LogP contribution in [0.5, 0.6) is 0 Å². The molecule has 0 N–H and O–H groups in total. The van der Waals surface area contributed by atoms with E-state index in [1.54, 1.807) is 6.08 Å². The van der Waals surface area contributed by atoms with Crippen molar-refractivity contribution >= 4 is 5.78 Å². The molecule has 1 aliphatic carbocycles. The van der Waals surface area contributed by atoms with Gasteiger partial charge in [-0.25, -0.2) is 0 Å². The molecule has 1 aliphatic rings. The number of allylic oxidation sites excluding steroid dienone is 2. The van der Waals surface area contributed by atoms with Crippen molar-refractivity contribution in [2.24, 2.45) is 5.92 Å². The van der Waals surface area contributed by atoms with Gasteiger partial charge >= 0.3 is 0 Å². The highest BCUT2D eigenvalue weighted by atomic mass is 16.1. The van der Waals surface area contributed by atoms with E-state index in [4.69, 9.17) is 0 Å². The molecule has 0 aliphatic heterocycles. The Labute approximate surface area is 61.5 Å². The highest BCUT2D eigenvalue weighted by molar-refractivity contribution is 5.94. The number of hydrogen-bond acceptors (Lipinski definition) is 2. The van der Waals surface area contributed by atoms with Gasteiger partial charge in [-0.05, 0) is 26.6 Å². The van der Waals surface area contributed by atoms with Crippen LogP contribution < -0.4 is 0 Å². The standard InChI is InChI=1S/C8H13NO/c1-9(2)6-7-4-3-5-8(7)10/h3,5,7H,4,6H2,1-2H3. The lowest BCUT2D eigenvalue weighted by Crippen LogP contribution is -2.24. The van der Waals surface area contributed by atoms with Crippen molar-refractivity contribution in [3.63, 3.8) is 0 Å². The third kappa shape index (κ3) is 1.67. The van der Waals surface area contributed by atoms with Crippen molar-refractivity contribution in [1.29, 1.82) is 0 Å². The zero-order valence-electron chi connectivity index (χ0n) is 6.50. The van der Waals surface area contributed by atoms with Gasteiger partial charge in [0.05, 0.1) is 0 Å². The van der Waals surface area contributed by atoms with Gasteiger partial charge in [0.25, 0.3) is 0 Å². The molecule has 0 fully saturated rings. The maximum atomic E-state index is 11.0. The molecule has 2 nitrogen and oxygen atoms in total. The molecule has 0 aromatic rings. The Morgan fingerprint density at radius 2 is 2.40 bits per heavy atom. The van der Waals surface area contributed by atoms with Gasteiger partial charge in [-0.15, -0.1) is 0 Å². The summed E-state index contributed by atoms with van der Waals surface area (Å²) in [6.07, 6.45) is 4.57. The van der Waals surface area contributed by atoms with Crippen molar-refractivity contribution in [2.75, 3.05) is 20.6 Å². The highest BCUT2D eigenvalue weighted by Gasteiger charge is 2.19. The summed E-state index contributed by atoms with van der Waals surface area (Å²) in [7, 11) is 3.98. The van der Waals surface area contributed by atoms with E-state index in [1.807, 2.05) is 20.2 Å². The zero-order valence-corrected chi connectivity index (χ0v) is 6.50. The second-order valence-electron chi connectivity index (χ2n) is 3.00. The summed E-state index contributed by atoms with van der Waals surface area (Å²) in [6.45, 7) is 0.881. The van der Waals surface area contributed by atoms with Crippen LogP contribution in [0.2, 0.25) is 0 Å². The first-order chi connectivity index (χ1) is 4.70. The van der Waals surface area contributed by atoms with Crippen LogP contribution in [0.3, 0.4) is 0 Å². The zero-order chi connectivity index (χ0) is 7.56. The fourth-order valence-corrected chi connectivity index (χ4v) is 1.21. The molecule has 10 heavy (non-hydrogen) atoms. The van der Waals surface area contributed by atoms with Crippen molar-refractivity contribution in [1.82, 2.24) is 4.90 Å². The van der Waals surface area contributed by atoms with Crippen molar-refractivity contribution in [3.8, 4) is 0 Å². The first kappa shape index (κ1) is 7.48. The van der Waals surface area contributed by atoms with E-state index >= 15 is 0 Å². The molecule has 0 spiro atoms. The molecular weight excluding hydrogens is 126 g/mol. The summed E-state index contributed by atoms with van der Waals surface area (Å²) >= 11 is 0. The molecule has 2 heteroatoms. The fraction of sp³-hybridized carbons (Fsp3) is 0.625. The van der Waals surface area contributed by atoms with Gasteiger partial charge in [0.2, 0.25) is 0 Å². The van der Waals surface area contributed by atoms with Crippen LogP contribution in [0, 0.1) is 5.92 Å². The van der Waals surface area contributed by atoms with Crippen LogP contribution in [-0.4, -0.2) is 31.3 Å². The third-order valence-corrected chi connectivity index (χ3v) is 1.69. The molecule has 0 saturated carbocycles. The molecular formula is C8H13NO. The number of ketones is 1. The molecule has 0 bridgehead atoms.